The van der Waals surface area contributed by atoms with Crippen LogP contribution in [0.4, 0.5) is 5.69 Å². The van der Waals surface area contributed by atoms with Crippen LogP contribution in [-0.2, 0) is 4.74 Å². The second-order valence-corrected chi connectivity index (χ2v) is 5.37. The smallest absolute Gasteiger partial charge is 0.255 e. The third kappa shape index (κ3) is 3.88. The molecule has 0 aromatic heterocycles. The maximum atomic E-state index is 12.2. The summed E-state index contributed by atoms with van der Waals surface area (Å²) >= 11 is 0. The Hall–Kier alpha value is -2.37. The van der Waals surface area contributed by atoms with Crippen molar-refractivity contribution in [3.05, 3.63) is 59.7 Å². The van der Waals surface area contributed by atoms with Crippen molar-refractivity contribution < 1.29 is 14.3 Å². The molecule has 5 nitrogen and oxygen atoms in total. The number of ether oxygens (including phenoxy) is 2. The lowest BCUT2D eigenvalue weighted by Gasteiger charge is -2.24. The molecule has 0 radical (unpaired) electrons. The highest BCUT2D eigenvalue weighted by molar-refractivity contribution is 6.04. The Kier molecular flexibility index (Phi) is 4.90. The lowest BCUT2D eigenvalue weighted by molar-refractivity contribution is 0.0277. The molecule has 1 amide bonds. The molecule has 1 heterocycles. The van der Waals surface area contributed by atoms with Gasteiger partial charge in [-0.1, -0.05) is 12.1 Å². The lowest BCUT2D eigenvalue weighted by atomic mass is 10.1. The fourth-order valence-electron chi connectivity index (χ4n) is 2.51. The molecule has 1 aliphatic rings. The maximum Gasteiger partial charge on any atom is 0.255 e. The zero-order valence-electron chi connectivity index (χ0n) is 13.0. The van der Waals surface area contributed by atoms with E-state index < -0.39 is 0 Å². The van der Waals surface area contributed by atoms with Gasteiger partial charge >= 0.3 is 0 Å². The predicted molar refractivity (Wildman–Crippen MR) is 89.0 cm³/mol. The van der Waals surface area contributed by atoms with Crippen LogP contribution >= 0.6 is 0 Å². The number of hydrogen-bond donors (Lipinski definition) is 2. The maximum absolute atomic E-state index is 12.2. The molecule has 1 fully saturated rings. The van der Waals surface area contributed by atoms with Gasteiger partial charge in [-0.2, -0.15) is 0 Å². The van der Waals surface area contributed by atoms with Crippen molar-refractivity contribution in [2.75, 3.05) is 32.1 Å². The van der Waals surface area contributed by atoms with Crippen LogP contribution in [0.25, 0.3) is 0 Å². The van der Waals surface area contributed by atoms with Gasteiger partial charge in [0.1, 0.15) is 5.75 Å². The quantitative estimate of drug-likeness (QED) is 0.911. The third-order valence-electron chi connectivity index (χ3n) is 3.82. The van der Waals surface area contributed by atoms with Gasteiger partial charge in [0.25, 0.3) is 5.91 Å². The summed E-state index contributed by atoms with van der Waals surface area (Å²) < 4.78 is 10.8. The molecule has 2 aromatic carbocycles. The summed E-state index contributed by atoms with van der Waals surface area (Å²) in [6.45, 7) is 2.44. The van der Waals surface area contributed by atoms with Crippen molar-refractivity contribution in [3.63, 3.8) is 0 Å². The highest BCUT2D eigenvalue weighted by atomic mass is 16.5. The van der Waals surface area contributed by atoms with Gasteiger partial charge in [-0.25, -0.2) is 0 Å². The van der Waals surface area contributed by atoms with Crippen LogP contribution in [0, 0.1) is 0 Å². The summed E-state index contributed by atoms with van der Waals surface area (Å²) in [5.41, 5.74) is 2.47. The first-order valence-corrected chi connectivity index (χ1v) is 7.64. The summed E-state index contributed by atoms with van der Waals surface area (Å²) in [5.74, 6) is 0.586. The van der Waals surface area contributed by atoms with E-state index in [1.54, 1.807) is 31.4 Å². The van der Waals surface area contributed by atoms with Crippen LogP contribution in [0.2, 0.25) is 0 Å². The predicted octanol–water partition coefficient (Wildman–Crippen LogP) is 2.61. The summed E-state index contributed by atoms with van der Waals surface area (Å²) in [4.78, 5) is 12.2. The van der Waals surface area contributed by atoms with Crippen molar-refractivity contribution in [1.29, 1.82) is 0 Å². The van der Waals surface area contributed by atoms with Gasteiger partial charge in [-0.15, -0.1) is 0 Å². The SMILES string of the molecule is COc1ccc(C(=O)Nc2ccc([C@@H]3CNCCO3)cc2)cc1. The first-order valence-electron chi connectivity index (χ1n) is 7.64. The number of carbonyl (C=O) groups is 1. The molecular formula is C18H20N2O3. The van der Waals surface area contributed by atoms with Gasteiger partial charge in [-0.05, 0) is 42.0 Å². The monoisotopic (exact) mass is 312 g/mol. The van der Waals surface area contributed by atoms with E-state index in [-0.39, 0.29) is 12.0 Å². The van der Waals surface area contributed by atoms with E-state index in [9.17, 15) is 4.79 Å². The Labute approximate surface area is 135 Å². The molecule has 2 aromatic rings. The topological polar surface area (TPSA) is 59.6 Å². The van der Waals surface area contributed by atoms with E-state index in [1.807, 2.05) is 24.3 Å². The number of methoxy groups -OCH3 is 1. The normalized spacial score (nSPS) is 17.5. The van der Waals surface area contributed by atoms with E-state index in [1.165, 1.54) is 0 Å². The Morgan fingerprint density at radius 3 is 2.52 bits per heavy atom. The first kappa shape index (κ1) is 15.5. The fraction of sp³-hybridized carbons (Fsp3) is 0.278. The molecule has 0 bridgehead atoms. The minimum atomic E-state index is -0.143. The van der Waals surface area contributed by atoms with Crippen LogP contribution in [0.15, 0.2) is 48.5 Å². The number of amides is 1. The average molecular weight is 312 g/mol. The number of rotatable bonds is 4. The molecule has 0 aliphatic carbocycles. The van der Waals surface area contributed by atoms with Crippen LogP contribution in [0.1, 0.15) is 22.0 Å². The first-order chi connectivity index (χ1) is 11.3. The van der Waals surface area contributed by atoms with Crippen molar-refractivity contribution in [2.45, 2.75) is 6.10 Å². The van der Waals surface area contributed by atoms with Gasteiger partial charge in [0.05, 0.1) is 19.8 Å². The van der Waals surface area contributed by atoms with Gasteiger partial charge in [0.2, 0.25) is 0 Å². The number of carbonyl (C=O) groups excluding carboxylic acids is 1. The van der Waals surface area contributed by atoms with Crippen molar-refractivity contribution >= 4 is 11.6 Å². The van der Waals surface area contributed by atoms with Crippen molar-refractivity contribution in [1.82, 2.24) is 5.32 Å². The zero-order chi connectivity index (χ0) is 16.1. The Morgan fingerprint density at radius 2 is 1.91 bits per heavy atom. The van der Waals surface area contributed by atoms with Gasteiger partial charge in [0.15, 0.2) is 0 Å². The molecule has 1 saturated heterocycles. The summed E-state index contributed by atoms with van der Waals surface area (Å²) in [5, 5.41) is 6.20. The Balaban J connectivity index is 1.63. The molecule has 0 spiro atoms. The van der Waals surface area contributed by atoms with Crippen LogP contribution in [0.5, 0.6) is 5.75 Å². The van der Waals surface area contributed by atoms with Crippen molar-refractivity contribution in [3.8, 4) is 5.75 Å². The number of anilines is 1. The standard InChI is InChI=1S/C18H20N2O3/c1-22-16-8-4-14(5-9-16)18(21)20-15-6-2-13(3-7-15)17-12-19-10-11-23-17/h2-9,17,19H,10-12H2,1H3,(H,20,21)/t17-/m0/s1. The zero-order valence-corrected chi connectivity index (χ0v) is 13.0. The van der Waals surface area contributed by atoms with Crippen LogP contribution < -0.4 is 15.4 Å². The number of morpholine rings is 1. The molecule has 23 heavy (non-hydrogen) atoms. The Morgan fingerprint density at radius 1 is 1.17 bits per heavy atom. The molecule has 0 unspecified atom stereocenters. The molecule has 1 aliphatic heterocycles. The molecule has 120 valence electrons. The molecule has 0 saturated carbocycles. The summed E-state index contributed by atoms with van der Waals surface area (Å²) in [6.07, 6.45) is 0.0788. The average Bonchev–Trinajstić information content (AvgIpc) is 2.63. The molecular weight excluding hydrogens is 292 g/mol. The fourth-order valence-corrected chi connectivity index (χ4v) is 2.51. The van der Waals surface area contributed by atoms with Crippen LogP contribution in [-0.4, -0.2) is 32.7 Å². The number of nitrogens with one attached hydrogen (secondary N) is 2. The van der Waals surface area contributed by atoms with E-state index in [0.717, 1.165) is 36.7 Å². The summed E-state index contributed by atoms with van der Waals surface area (Å²) in [7, 11) is 1.60. The third-order valence-corrected chi connectivity index (χ3v) is 3.82. The van der Waals surface area contributed by atoms with Gasteiger partial charge in [0, 0.05) is 24.3 Å². The molecule has 3 rings (SSSR count). The minimum absolute atomic E-state index is 0.0788. The summed E-state index contributed by atoms with van der Waals surface area (Å²) in [6, 6.07) is 14.8. The molecule has 5 heteroatoms. The molecule has 2 N–H and O–H groups in total. The Bertz CT molecular complexity index is 647. The number of hydrogen-bond acceptors (Lipinski definition) is 4. The van der Waals surface area contributed by atoms with E-state index in [2.05, 4.69) is 10.6 Å². The van der Waals surface area contributed by atoms with Crippen molar-refractivity contribution in [2.24, 2.45) is 0 Å². The molecule has 1 atom stereocenters. The van der Waals surface area contributed by atoms with Crippen LogP contribution in [0.3, 0.4) is 0 Å². The second-order valence-electron chi connectivity index (χ2n) is 5.37. The lowest BCUT2D eigenvalue weighted by Crippen LogP contribution is -2.33. The highest BCUT2D eigenvalue weighted by Crippen LogP contribution is 2.21. The van der Waals surface area contributed by atoms with Gasteiger partial charge in [-0.3, -0.25) is 4.79 Å². The van der Waals surface area contributed by atoms with E-state index in [4.69, 9.17) is 9.47 Å². The van der Waals surface area contributed by atoms with Gasteiger partial charge < -0.3 is 20.1 Å². The highest BCUT2D eigenvalue weighted by Gasteiger charge is 2.15. The number of benzene rings is 2. The minimum Gasteiger partial charge on any atom is -0.497 e. The van der Waals surface area contributed by atoms with E-state index in [0.29, 0.717) is 5.56 Å². The second kappa shape index (κ2) is 7.26. The van der Waals surface area contributed by atoms with E-state index >= 15 is 0 Å². The largest absolute Gasteiger partial charge is 0.497 e.